The van der Waals surface area contributed by atoms with Crippen LogP contribution in [0.4, 0.5) is 0 Å². The molecular formula is C11H21N3O. The zero-order chi connectivity index (χ0) is 10.1. The summed E-state index contributed by atoms with van der Waals surface area (Å²) < 4.78 is 5.40. The fourth-order valence-corrected chi connectivity index (χ4v) is 2.87. The lowest BCUT2D eigenvalue weighted by molar-refractivity contribution is 0.0169. The van der Waals surface area contributed by atoms with Crippen LogP contribution >= 0.6 is 0 Å². The fraction of sp³-hybridized carbons (Fsp3) is 1.00. The summed E-state index contributed by atoms with van der Waals surface area (Å²) in [6.45, 7) is 9.14. The first-order chi connectivity index (χ1) is 7.43. The third kappa shape index (κ3) is 2.04. The minimum Gasteiger partial charge on any atom is -0.379 e. The molecule has 4 nitrogen and oxygen atoms in total. The summed E-state index contributed by atoms with van der Waals surface area (Å²) in [6.07, 6.45) is 1.36. The Kier molecular flexibility index (Phi) is 2.92. The summed E-state index contributed by atoms with van der Waals surface area (Å²) in [7, 11) is 0. The second-order valence-electron chi connectivity index (χ2n) is 4.90. The highest BCUT2D eigenvalue weighted by Crippen LogP contribution is 2.20. The normalized spacial score (nSPS) is 35.6. The van der Waals surface area contributed by atoms with Crippen LogP contribution in [0.15, 0.2) is 0 Å². The molecule has 86 valence electrons. The van der Waals surface area contributed by atoms with Crippen LogP contribution in [0.25, 0.3) is 0 Å². The van der Waals surface area contributed by atoms with Gasteiger partial charge in [-0.1, -0.05) is 0 Å². The van der Waals surface area contributed by atoms with Gasteiger partial charge in [0, 0.05) is 51.4 Å². The Morgan fingerprint density at radius 2 is 1.73 bits per heavy atom. The second-order valence-corrected chi connectivity index (χ2v) is 4.90. The van der Waals surface area contributed by atoms with Crippen LogP contribution in [0.1, 0.15) is 6.42 Å². The molecule has 3 aliphatic rings. The summed E-state index contributed by atoms with van der Waals surface area (Å²) in [5, 5.41) is 3.36. The van der Waals surface area contributed by atoms with E-state index in [2.05, 4.69) is 15.1 Å². The van der Waals surface area contributed by atoms with Crippen molar-refractivity contribution in [3.8, 4) is 0 Å². The molecule has 0 spiro atoms. The average molecular weight is 211 g/mol. The number of hydrogen-bond donors (Lipinski definition) is 1. The zero-order valence-electron chi connectivity index (χ0n) is 9.32. The van der Waals surface area contributed by atoms with Gasteiger partial charge in [0.15, 0.2) is 0 Å². The van der Waals surface area contributed by atoms with Gasteiger partial charge >= 0.3 is 0 Å². The topological polar surface area (TPSA) is 27.7 Å². The van der Waals surface area contributed by atoms with Gasteiger partial charge in [-0.3, -0.25) is 9.80 Å². The van der Waals surface area contributed by atoms with E-state index >= 15 is 0 Å². The zero-order valence-corrected chi connectivity index (χ0v) is 9.32. The Bertz CT molecular complexity index is 214. The Morgan fingerprint density at radius 3 is 2.40 bits per heavy atom. The molecule has 1 unspecified atom stereocenters. The maximum Gasteiger partial charge on any atom is 0.0594 e. The molecule has 1 atom stereocenters. The van der Waals surface area contributed by atoms with E-state index in [4.69, 9.17) is 4.74 Å². The first-order valence-corrected chi connectivity index (χ1v) is 6.20. The number of hydrogen-bond acceptors (Lipinski definition) is 4. The van der Waals surface area contributed by atoms with Gasteiger partial charge in [0.05, 0.1) is 13.2 Å². The maximum absolute atomic E-state index is 5.40. The number of nitrogens with zero attached hydrogens (tertiary/aromatic N) is 2. The Hall–Kier alpha value is -0.160. The number of ether oxygens (including phenoxy) is 1. The smallest absolute Gasteiger partial charge is 0.0594 e. The Morgan fingerprint density at radius 1 is 0.933 bits per heavy atom. The van der Waals surface area contributed by atoms with Crippen LogP contribution in [-0.4, -0.2) is 74.4 Å². The lowest BCUT2D eigenvalue weighted by Crippen LogP contribution is -2.57. The minimum atomic E-state index is 0.800. The lowest BCUT2D eigenvalue weighted by atomic mass is 10.1. The third-order valence-electron chi connectivity index (χ3n) is 4.03. The first kappa shape index (κ1) is 10.0. The molecule has 3 rings (SSSR count). The van der Waals surface area contributed by atoms with Crippen LogP contribution in [0.2, 0.25) is 0 Å². The van der Waals surface area contributed by atoms with Gasteiger partial charge in [-0.2, -0.15) is 0 Å². The van der Waals surface area contributed by atoms with Crippen LogP contribution < -0.4 is 5.32 Å². The Labute approximate surface area is 91.6 Å². The number of morpholine rings is 1. The molecule has 3 fully saturated rings. The number of rotatable bonds is 2. The molecular weight excluding hydrogens is 190 g/mol. The van der Waals surface area contributed by atoms with Crippen molar-refractivity contribution >= 4 is 0 Å². The van der Waals surface area contributed by atoms with Crippen molar-refractivity contribution in [3.05, 3.63) is 0 Å². The molecule has 0 amide bonds. The highest BCUT2D eigenvalue weighted by molar-refractivity contribution is 4.92. The molecule has 0 radical (unpaired) electrons. The van der Waals surface area contributed by atoms with E-state index < -0.39 is 0 Å². The summed E-state index contributed by atoms with van der Waals surface area (Å²) in [5.41, 5.74) is 0. The highest BCUT2D eigenvalue weighted by Gasteiger charge is 2.34. The lowest BCUT2D eigenvalue weighted by Gasteiger charge is -2.37. The molecule has 1 N–H and O–H groups in total. The van der Waals surface area contributed by atoms with E-state index in [1.807, 2.05) is 0 Å². The monoisotopic (exact) mass is 211 g/mol. The van der Waals surface area contributed by atoms with E-state index in [0.29, 0.717) is 0 Å². The summed E-state index contributed by atoms with van der Waals surface area (Å²) in [4.78, 5) is 5.28. The van der Waals surface area contributed by atoms with Crippen molar-refractivity contribution in [3.63, 3.8) is 0 Å². The van der Waals surface area contributed by atoms with Crippen LogP contribution in [-0.2, 0) is 4.74 Å². The Balaban J connectivity index is 1.51. The van der Waals surface area contributed by atoms with Gasteiger partial charge in [-0.25, -0.2) is 0 Å². The largest absolute Gasteiger partial charge is 0.379 e. The fourth-order valence-electron chi connectivity index (χ4n) is 2.87. The van der Waals surface area contributed by atoms with Gasteiger partial charge < -0.3 is 10.1 Å². The van der Waals surface area contributed by atoms with Gasteiger partial charge in [0.25, 0.3) is 0 Å². The summed E-state index contributed by atoms with van der Waals surface area (Å²) in [6, 6.07) is 1.63. The highest BCUT2D eigenvalue weighted by atomic mass is 16.5. The van der Waals surface area contributed by atoms with Crippen LogP contribution in [0.5, 0.6) is 0 Å². The molecule has 0 aliphatic carbocycles. The van der Waals surface area contributed by atoms with Crippen molar-refractivity contribution in [2.45, 2.75) is 18.5 Å². The van der Waals surface area contributed by atoms with Crippen molar-refractivity contribution in [2.75, 3.05) is 52.5 Å². The SMILES string of the molecule is C1CN(C2CCN(C3CNC3)C2)CCO1. The molecule has 4 heteroatoms. The first-order valence-electron chi connectivity index (χ1n) is 6.20. The molecule has 3 saturated heterocycles. The van der Waals surface area contributed by atoms with Crippen LogP contribution in [0, 0.1) is 0 Å². The molecule has 0 saturated carbocycles. The van der Waals surface area contributed by atoms with Crippen molar-refractivity contribution in [1.82, 2.24) is 15.1 Å². The van der Waals surface area contributed by atoms with E-state index in [9.17, 15) is 0 Å². The van der Waals surface area contributed by atoms with E-state index in [-0.39, 0.29) is 0 Å². The summed E-state index contributed by atoms with van der Waals surface area (Å²) >= 11 is 0. The third-order valence-corrected chi connectivity index (χ3v) is 4.03. The minimum absolute atomic E-state index is 0.800. The van der Waals surface area contributed by atoms with E-state index in [1.165, 1.54) is 32.6 Å². The second kappa shape index (κ2) is 4.37. The number of nitrogens with one attached hydrogen (secondary N) is 1. The molecule has 0 aromatic rings. The van der Waals surface area contributed by atoms with Gasteiger partial charge in [-0.05, 0) is 6.42 Å². The predicted molar refractivity (Wildman–Crippen MR) is 59.0 cm³/mol. The van der Waals surface area contributed by atoms with Crippen molar-refractivity contribution < 1.29 is 4.74 Å². The van der Waals surface area contributed by atoms with Crippen LogP contribution in [0.3, 0.4) is 0 Å². The van der Waals surface area contributed by atoms with Crippen molar-refractivity contribution in [2.24, 2.45) is 0 Å². The van der Waals surface area contributed by atoms with E-state index in [0.717, 1.165) is 38.4 Å². The quantitative estimate of drug-likeness (QED) is 0.658. The molecule has 0 aromatic carbocycles. The van der Waals surface area contributed by atoms with E-state index in [1.54, 1.807) is 0 Å². The molecule has 3 heterocycles. The molecule has 0 bridgehead atoms. The van der Waals surface area contributed by atoms with Gasteiger partial charge in [-0.15, -0.1) is 0 Å². The van der Waals surface area contributed by atoms with Gasteiger partial charge in [0.2, 0.25) is 0 Å². The molecule has 0 aromatic heterocycles. The molecule has 15 heavy (non-hydrogen) atoms. The maximum atomic E-state index is 5.40. The molecule has 3 aliphatic heterocycles. The predicted octanol–water partition coefficient (Wildman–Crippen LogP) is -0.635. The van der Waals surface area contributed by atoms with Gasteiger partial charge in [0.1, 0.15) is 0 Å². The average Bonchev–Trinajstić information content (AvgIpc) is 2.66. The number of likely N-dealkylation sites (tertiary alicyclic amines) is 1. The standard InChI is InChI=1S/C11H21N3O/c1-2-14(11-7-12-8-11)9-10(1)13-3-5-15-6-4-13/h10-12H,1-9H2. The summed E-state index contributed by atoms with van der Waals surface area (Å²) in [5.74, 6) is 0. The van der Waals surface area contributed by atoms with Crippen molar-refractivity contribution in [1.29, 1.82) is 0 Å².